The third kappa shape index (κ3) is 3.30. The molecule has 0 aliphatic rings. The highest BCUT2D eigenvalue weighted by atomic mass is 32.2. The zero-order chi connectivity index (χ0) is 10.4. The smallest absolute Gasteiger partial charge is 0.153 e. The highest BCUT2D eigenvalue weighted by Crippen LogP contribution is 2.16. The molecule has 76 valence electrons. The van der Waals surface area contributed by atoms with Gasteiger partial charge in [0.1, 0.15) is 5.75 Å². The Kier molecular flexibility index (Phi) is 4.32. The van der Waals surface area contributed by atoms with Gasteiger partial charge in [-0.3, -0.25) is 4.99 Å². The van der Waals surface area contributed by atoms with Crippen molar-refractivity contribution in [3.63, 3.8) is 0 Å². The van der Waals surface area contributed by atoms with Gasteiger partial charge >= 0.3 is 0 Å². The number of nitrogens with zero attached hydrogens (tertiary/aromatic N) is 1. The average molecular weight is 210 g/mol. The van der Waals surface area contributed by atoms with E-state index in [1.807, 2.05) is 24.3 Å². The summed E-state index contributed by atoms with van der Waals surface area (Å²) < 4.78 is 5.06. The molecule has 2 N–H and O–H groups in total. The van der Waals surface area contributed by atoms with Crippen LogP contribution in [0, 0.1) is 0 Å². The maximum atomic E-state index is 5.57. The molecule has 1 rings (SSSR count). The first kappa shape index (κ1) is 10.9. The molecule has 0 saturated carbocycles. The molecule has 0 saturated heterocycles. The van der Waals surface area contributed by atoms with Crippen LogP contribution in [0.1, 0.15) is 5.56 Å². The van der Waals surface area contributed by atoms with E-state index in [1.54, 1.807) is 14.2 Å². The quantitative estimate of drug-likeness (QED) is 0.612. The van der Waals surface area contributed by atoms with Gasteiger partial charge in [0.25, 0.3) is 0 Å². The summed E-state index contributed by atoms with van der Waals surface area (Å²) in [4.78, 5) is 3.87. The number of hydrogen-bond acceptors (Lipinski definition) is 3. The molecule has 0 spiro atoms. The van der Waals surface area contributed by atoms with Crippen molar-refractivity contribution in [1.82, 2.24) is 0 Å². The summed E-state index contributed by atoms with van der Waals surface area (Å²) in [5.74, 6) is 1.71. The zero-order valence-corrected chi connectivity index (χ0v) is 9.17. The van der Waals surface area contributed by atoms with Gasteiger partial charge in [-0.05, 0) is 17.7 Å². The van der Waals surface area contributed by atoms with Crippen LogP contribution < -0.4 is 10.5 Å². The van der Waals surface area contributed by atoms with Crippen LogP contribution in [0.2, 0.25) is 0 Å². The summed E-state index contributed by atoms with van der Waals surface area (Å²) in [5.41, 5.74) is 6.78. The number of methoxy groups -OCH3 is 1. The molecule has 0 unspecified atom stereocenters. The van der Waals surface area contributed by atoms with Crippen molar-refractivity contribution >= 4 is 16.9 Å². The summed E-state index contributed by atoms with van der Waals surface area (Å²) in [6.07, 6.45) is 0. The van der Waals surface area contributed by atoms with Gasteiger partial charge in [-0.15, -0.1) is 0 Å². The molecule has 1 aromatic carbocycles. The lowest BCUT2D eigenvalue weighted by Crippen LogP contribution is -2.05. The van der Waals surface area contributed by atoms with E-state index in [1.165, 1.54) is 17.3 Å². The molecule has 0 heterocycles. The molecule has 0 aromatic heterocycles. The average Bonchev–Trinajstić information content (AvgIpc) is 2.26. The normalized spacial score (nSPS) is 11.4. The van der Waals surface area contributed by atoms with Crippen molar-refractivity contribution in [3.05, 3.63) is 29.8 Å². The number of nitrogens with two attached hydrogens (primary N) is 1. The van der Waals surface area contributed by atoms with Gasteiger partial charge in [-0.1, -0.05) is 23.9 Å². The highest BCUT2D eigenvalue weighted by Gasteiger charge is 1.96. The molecular weight excluding hydrogens is 196 g/mol. The van der Waals surface area contributed by atoms with Gasteiger partial charge in [-0.2, -0.15) is 0 Å². The number of aliphatic imine (C=N–C) groups is 1. The summed E-state index contributed by atoms with van der Waals surface area (Å²) in [5, 5.41) is 0.612. The van der Waals surface area contributed by atoms with Crippen LogP contribution in [0.4, 0.5) is 0 Å². The Morgan fingerprint density at radius 1 is 1.43 bits per heavy atom. The highest BCUT2D eigenvalue weighted by molar-refractivity contribution is 8.13. The second-order valence-electron chi connectivity index (χ2n) is 2.70. The SMILES string of the molecule is CN=C(N)SCc1ccc(OC)cc1. The monoisotopic (exact) mass is 210 g/mol. The van der Waals surface area contributed by atoms with Crippen molar-refractivity contribution in [2.75, 3.05) is 14.2 Å². The van der Waals surface area contributed by atoms with E-state index in [2.05, 4.69) is 4.99 Å². The van der Waals surface area contributed by atoms with Crippen LogP contribution in [0.5, 0.6) is 5.75 Å². The molecule has 0 aliphatic heterocycles. The molecule has 3 nitrogen and oxygen atoms in total. The predicted molar refractivity (Wildman–Crippen MR) is 61.8 cm³/mol. The Morgan fingerprint density at radius 3 is 2.57 bits per heavy atom. The van der Waals surface area contributed by atoms with Crippen molar-refractivity contribution in [1.29, 1.82) is 0 Å². The van der Waals surface area contributed by atoms with Gasteiger partial charge < -0.3 is 10.5 Å². The minimum absolute atomic E-state index is 0.612. The number of hydrogen-bond donors (Lipinski definition) is 1. The largest absolute Gasteiger partial charge is 0.497 e. The molecule has 4 heteroatoms. The summed E-state index contributed by atoms with van der Waals surface area (Å²) in [6.45, 7) is 0. The number of rotatable bonds is 3. The third-order valence-electron chi connectivity index (χ3n) is 1.77. The number of thioether (sulfide) groups is 1. The molecule has 14 heavy (non-hydrogen) atoms. The Balaban J connectivity index is 2.52. The second kappa shape index (κ2) is 5.54. The second-order valence-corrected chi connectivity index (χ2v) is 3.69. The molecule has 0 atom stereocenters. The van der Waals surface area contributed by atoms with Gasteiger partial charge in [0, 0.05) is 12.8 Å². The molecule has 0 aliphatic carbocycles. The number of ether oxygens (including phenoxy) is 1. The van der Waals surface area contributed by atoms with Crippen LogP contribution in [-0.2, 0) is 5.75 Å². The van der Waals surface area contributed by atoms with E-state index < -0.39 is 0 Å². The Bertz CT molecular complexity index is 308. The van der Waals surface area contributed by atoms with Gasteiger partial charge in [-0.25, -0.2) is 0 Å². The fourth-order valence-electron chi connectivity index (χ4n) is 0.944. The first-order chi connectivity index (χ1) is 6.76. The van der Waals surface area contributed by atoms with E-state index >= 15 is 0 Å². The topological polar surface area (TPSA) is 47.6 Å². The minimum Gasteiger partial charge on any atom is -0.497 e. The van der Waals surface area contributed by atoms with Crippen molar-refractivity contribution in [3.8, 4) is 5.75 Å². The fraction of sp³-hybridized carbons (Fsp3) is 0.300. The molecule has 0 fully saturated rings. The lowest BCUT2D eigenvalue weighted by atomic mass is 10.2. The number of amidine groups is 1. The van der Waals surface area contributed by atoms with E-state index in [0.29, 0.717) is 5.17 Å². The van der Waals surface area contributed by atoms with Crippen LogP contribution >= 0.6 is 11.8 Å². The Morgan fingerprint density at radius 2 is 2.07 bits per heavy atom. The lowest BCUT2D eigenvalue weighted by Gasteiger charge is -2.02. The Labute approximate surface area is 88.4 Å². The van der Waals surface area contributed by atoms with E-state index in [4.69, 9.17) is 10.5 Å². The molecule has 0 amide bonds. The van der Waals surface area contributed by atoms with Gasteiger partial charge in [0.15, 0.2) is 5.17 Å². The Hall–Kier alpha value is -1.16. The van der Waals surface area contributed by atoms with E-state index in [-0.39, 0.29) is 0 Å². The van der Waals surface area contributed by atoms with Crippen LogP contribution in [0.3, 0.4) is 0 Å². The minimum atomic E-state index is 0.612. The first-order valence-corrected chi connectivity index (χ1v) is 5.23. The van der Waals surface area contributed by atoms with Gasteiger partial charge in [0.2, 0.25) is 0 Å². The lowest BCUT2D eigenvalue weighted by molar-refractivity contribution is 0.414. The van der Waals surface area contributed by atoms with E-state index in [9.17, 15) is 0 Å². The standard InChI is InChI=1S/C10H14N2OS/c1-12-10(11)14-7-8-3-5-9(13-2)6-4-8/h3-6H,7H2,1-2H3,(H2,11,12). The van der Waals surface area contributed by atoms with Gasteiger partial charge in [0.05, 0.1) is 7.11 Å². The summed E-state index contributed by atoms with van der Waals surface area (Å²) in [7, 11) is 3.35. The maximum Gasteiger partial charge on any atom is 0.153 e. The third-order valence-corrected chi connectivity index (χ3v) is 2.72. The number of benzene rings is 1. The van der Waals surface area contributed by atoms with Crippen molar-refractivity contribution in [2.45, 2.75) is 5.75 Å². The fourth-order valence-corrected chi connectivity index (χ4v) is 1.58. The van der Waals surface area contributed by atoms with E-state index in [0.717, 1.165) is 11.5 Å². The molecule has 0 bridgehead atoms. The summed E-state index contributed by atoms with van der Waals surface area (Å²) in [6, 6.07) is 7.92. The van der Waals surface area contributed by atoms with Crippen LogP contribution in [-0.4, -0.2) is 19.3 Å². The molecule has 1 aromatic rings. The molecule has 0 radical (unpaired) electrons. The first-order valence-electron chi connectivity index (χ1n) is 4.24. The van der Waals surface area contributed by atoms with Crippen LogP contribution in [0.25, 0.3) is 0 Å². The van der Waals surface area contributed by atoms with Crippen molar-refractivity contribution in [2.24, 2.45) is 10.7 Å². The zero-order valence-electron chi connectivity index (χ0n) is 8.36. The predicted octanol–water partition coefficient (Wildman–Crippen LogP) is 1.87. The maximum absolute atomic E-state index is 5.57. The summed E-state index contributed by atoms with van der Waals surface area (Å²) >= 11 is 1.53. The molecular formula is C10H14N2OS. The van der Waals surface area contributed by atoms with Crippen molar-refractivity contribution < 1.29 is 4.74 Å². The van der Waals surface area contributed by atoms with Crippen LogP contribution in [0.15, 0.2) is 29.3 Å².